The summed E-state index contributed by atoms with van der Waals surface area (Å²) >= 11 is 0. The lowest BCUT2D eigenvalue weighted by Crippen LogP contribution is -2.22. The molecule has 1 aliphatic carbocycles. The molecule has 1 fully saturated rings. The van der Waals surface area contributed by atoms with E-state index in [1.54, 1.807) is 0 Å². The molecule has 0 heterocycles. The zero-order valence-corrected chi connectivity index (χ0v) is 19.0. The summed E-state index contributed by atoms with van der Waals surface area (Å²) in [7, 11) is 0. The first-order chi connectivity index (χ1) is 15.2. The quantitative estimate of drug-likeness (QED) is 0.405. The highest BCUT2D eigenvalue weighted by atomic mass is 16.5. The zero-order valence-electron chi connectivity index (χ0n) is 19.0. The van der Waals surface area contributed by atoms with Crippen molar-refractivity contribution in [3.05, 3.63) is 58.7 Å². The molecular formula is C28H34N2O. The molecule has 0 atom stereocenters. The van der Waals surface area contributed by atoms with Crippen LogP contribution in [0.3, 0.4) is 0 Å². The fourth-order valence-electron chi connectivity index (χ4n) is 4.72. The van der Waals surface area contributed by atoms with Crippen LogP contribution in [0.4, 0.5) is 0 Å². The van der Waals surface area contributed by atoms with Crippen molar-refractivity contribution in [3.8, 4) is 23.3 Å². The van der Waals surface area contributed by atoms with Crippen molar-refractivity contribution in [2.24, 2.45) is 0 Å². The third kappa shape index (κ3) is 5.75. The van der Waals surface area contributed by atoms with E-state index in [1.807, 2.05) is 6.07 Å². The summed E-state index contributed by atoms with van der Waals surface area (Å²) in [5.41, 5.74) is 5.28. The van der Waals surface area contributed by atoms with E-state index in [-0.39, 0.29) is 0 Å². The van der Waals surface area contributed by atoms with Crippen molar-refractivity contribution in [2.75, 3.05) is 6.61 Å². The standard InChI is InChI=1S/C28H34N2O/c1-3-5-6-18-31-24-14-12-23(13-15-24)26-17-16-25(27(19-29)28(26)20-30)22-10-8-21(7-4-2)9-11-22/h8-11,16-17,23-24H,3-7,12-15,18H2,1-2H3. The van der Waals surface area contributed by atoms with E-state index < -0.39 is 0 Å². The minimum absolute atomic E-state index is 0.332. The Morgan fingerprint density at radius 3 is 2.16 bits per heavy atom. The van der Waals surface area contributed by atoms with Gasteiger partial charge in [-0.1, -0.05) is 69.5 Å². The van der Waals surface area contributed by atoms with Gasteiger partial charge in [-0.05, 0) is 61.1 Å². The van der Waals surface area contributed by atoms with Crippen LogP contribution >= 0.6 is 0 Å². The third-order valence-electron chi connectivity index (χ3n) is 6.48. The first-order valence-electron chi connectivity index (χ1n) is 11.9. The highest BCUT2D eigenvalue weighted by Crippen LogP contribution is 2.38. The topological polar surface area (TPSA) is 56.8 Å². The van der Waals surface area contributed by atoms with Crippen LogP contribution in [-0.4, -0.2) is 12.7 Å². The van der Waals surface area contributed by atoms with E-state index in [2.05, 4.69) is 56.3 Å². The minimum Gasteiger partial charge on any atom is -0.378 e. The number of hydrogen-bond donors (Lipinski definition) is 0. The van der Waals surface area contributed by atoms with Gasteiger partial charge in [0.15, 0.2) is 0 Å². The maximum Gasteiger partial charge on any atom is 0.101 e. The number of nitriles is 2. The first-order valence-corrected chi connectivity index (χ1v) is 11.9. The summed E-state index contributed by atoms with van der Waals surface area (Å²) in [6.07, 6.45) is 10.2. The second-order valence-electron chi connectivity index (χ2n) is 8.67. The molecule has 1 aliphatic rings. The maximum absolute atomic E-state index is 9.94. The van der Waals surface area contributed by atoms with Crippen molar-refractivity contribution in [3.63, 3.8) is 0 Å². The summed E-state index contributed by atoms with van der Waals surface area (Å²) in [6, 6.07) is 17.2. The predicted molar refractivity (Wildman–Crippen MR) is 126 cm³/mol. The number of ether oxygens (including phenoxy) is 1. The highest BCUT2D eigenvalue weighted by molar-refractivity contribution is 5.75. The Kier molecular flexibility index (Phi) is 8.69. The summed E-state index contributed by atoms with van der Waals surface area (Å²) in [5.74, 6) is 0.332. The van der Waals surface area contributed by atoms with Gasteiger partial charge in [-0.3, -0.25) is 0 Å². The van der Waals surface area contributed by atoms with Crippen molar-refractivity contribution in [2.45, 2.75) is 83.7 Å². The van der Waals surface area contributed by atoms with Crippen molar-refractivity contribution in [1.29, 1.82) is 10.5 Å². The maximum atomic E-state index is 9.94. The molecule has 3 nitrogen and oxygen atoms in total. The second-order valence-corrected chi connectivity index (χ2v) is 8.67. The summed E-state index contributed by atoms with van der Waals surface area (Å²) in [5, 5.41) is 19.9. The van der Waals surface area contributed by atoms with Gasteiger partial charge in [-0.15, -0.1) is 0 Å². The molecule has 0 aromatic heterocycles. The number of hydrogen-bond acceptors (Lipinski definition) is 3. The van der Waals surface area contributed by atoms with Crippen LogP contribution < -0.4 is 0 Å². The Morgan fingerprint density at radius 1 is 0.839 bits per heavy atom. The van der Waals surface area contributed by atoms with Crippen LogP contribution in [-0.2, 0) is 11.2 Å². The third-order valence-corrected chi connectivity index (χ3v) is 6.48. The molecule has 0 unspecified atom stereocenters. The Balaban J connectivity index is 1.76. The van der Waals surface area contributed by atoms with Gasteiger partial charge in [0.2, 0.25) is 0 Å². The highest BCUT2D eigenvalue weighted by Gasteiger charge is 2.26. The van der Waals surface area contributed by atoms with Gasteiger partial charge in [-0.25, -0.2) is 0 Å². The number of aryl methyl sites for hydroxylation is 1. The molecule has 3 heteroatoms. The number of rotatable bonds is 9. The monoisotopic (exact) mass is 414 g/mol. The van der Waals surface area contributed by atoms with E-state index in [1.165, 1.54) is 18.4 Å². The average Bonchev–Trinajstić information content (AvgIpc) is 2.82. The Bertz CT molecular complexity index is 925. The lowest BCUT2D eigenvalue weighted by atomic mass is 9.79. The molecule has 31 heavy (non-hydrogen) atoms. The summed E-state index contributed by atoms with van der Waals surface area (Å²) in [4.78, 5) is 0. The average molecular weight is 415 g/mol. The van der Waals surface area contributed by atoms with Crippen molar-refractivity contribution in [1.82, 2.24) is 0 Å². The van der Waals surface area contributed by atoms with Gasteiger partial charge in [0.25, 0.3) is 0 Å². The number of benzene rings is 2. The SMILES string of the molecule is CCCCCOC1CCC(c2ccc(-c3ccc(CCC)cc3)c(C#N)c2C#N)CC1. The minimum atomic E-state index is 0.332. The van der Waals surface area contributed by atoms with Crippen LogP contribution in [0.2, 0.25) is 0 Å². The Hall–Kier alpha value is -2.62. The number of nitrogens with zero attached hydrogens (tertiary/aromatic N) is 2. The van der Waals surface area contributed by atoms with Gasteiger partial charge < -0.3 is 4.74 Å². The smallest absolute Gasteiger partial charge is 0.101 e. The van der Waals surface area contributed by atoms with E-state index in [0.717, 1.165) is 68.2 Å². The largest absolute Gasteiger partial charge is 0.378 e. The van der Waals surface area contributed by atoms with Crippen LogP contribution in [0.5, 0.6) is 0 Å². The molecule has 3 rings (SSSR count). The molecule has 0 bridgehead atoms. The molecule has 1 saturated carbocycles. The zero-order chi connectivity index (χ0) is 22.1. The van der Waals surface area contributed by atoms with E-state index in [0.29, 0.717) is 23.1 Å². The van der Waals surface area contributed by atoms with Crippen LogP contribution in [0.1, 0.15) is 93.4 Å². The number of unbranched alkanes of at least 4 members (excludes halogenated alkanes) is 2. The molecule has 0 N–H and O–H groups in total. The van der Waals surface area contributed by atoms with Gasteiger partial charge in [0.1, 0.15) is 12.1 Å². The van der Waals surface area contributed by atoms with E-state index in [9.17, 15) is 10.5 Å². The molecule has 0 amide bonds. The Labute approximate surface area is 187 Å². The Morgan fingerprint density at radius 2 is 1.55 bits per heavy atom. The van der Waals surface area contributed by atoms with Crippen LogP contribution in [0, 0.1) is 22.7 Å². The lowest BCUT2D eigenvalue weighted by molar-refractivity contribution is 0.0227. The first kappa shape index (κ1) is 23.1. The fraction of sp³-hybridized carbons (Fsp3) is 0.500. The van der Waals surface area contributed by atoms with Crippen molar-refractivity contribution >= 4 is 0 Å². The summed E-state index contributed by atoms with van der Waals surface area (Å²) < 4.78 is 6.06. The molecule has 162 valence electrons. The normalized spacial score (nSPS) is 18.3. The van der Waals surface area contributed by atoms with Gasteiger partial charge in [0, 0.05) is 12.2 Å². The molecular weight excluding hydrogens is 380 g/mol. The van der Waals surface area contributed by atoms with Crippen molar-refractivity contribution < 1.29 is 4.74 Å². The van der Waals surface area contributed by atoms with Crippen LogP contribution in [0.15, 0.2) is 36.4 Å². The van der Waals surface area contributed by atoms with E-state index in [4.69, 9.17) is 4.74 Å². The fourth-order valence-corrected chi connectivity index (χ4v) is 4.72. The molecule has 0 radical (unpaired) electrons. The van der Waals surface area contributed by atoms with Gasteiger partial charge >= 0.3 is 0 Å². The molecule has 2 aromatic rings. The van der Waals surface area contributed by atoms with Crippen LogP contribution in [0.25, 0.3) is 11.1 Å². The van der Waals surface area contributed by atoms with E-state index >= 15 is 0 Å². The summed E-state index contributed by atoms with van der Waals surface area (Å²) in [6.45, 7) is 5.24. The lowest BCUT2D eigenvalue weighted by Gasteiger charge is -2.29. The second kappa shape index (κ2) is 11.7. The molecule has 0 saturated heterocycles. The van der Waals surface area contributed by atoms with Gasteiger partial charge in [0.05, 0.1) is 17.2 Å². The molecule has 0 spiro atoms. The molecule has 2 aromatic carbocycles. The van der Waals surface area contributed by atoms with Gasteiger partial charge in [-0.2, -0.15) is 10.5 Å². The predicted octanol–water partition coefficient (Wildman–Crippen LogP) is 7.28. The molecule has 0 aliphatic heterocycles.